The number of H-pyrrole nitrogens is 1. The average Bonchev–Trinajstić information content (AvgIpc) is 3.40. The number of likely N-dealkylation sites (tertiary alicyclic amines) is 1. The Bertz CT molecular complexity index is 1680. The average molecular weight is 624 g/mol. The molecule has 1 atom stereocenters. The van der Waals surface area contributed by atoms with Crippen LogP contribution in [-0.2, 0) is 23.8 Å². The molecule has 1 fully saturated rings. The number of nitrogens with zero attached hydrogens (tertiary/aromatic N) is 4. The smallest absolute Gasteiger partial charge is 0.421 e. The lowest BCUT2D eigenvalue weighted by molar-refractivity contribution is -0.140. The fourth-order valence-corrected chi connectivity index (χ4v) is 6.26. The minimum absolute atomic E-state index is 0.0350. The maximum Gasteiger partial charge on any atom is 0.421 e. The number of aliphatic hydroxyl groups excluding tert-OH is 1. The zero-order valence-electron chi connectivity index (χ0n) is 25.2. The molecule has 0 spiro atoms. The number of aryl methyl sites for hydroxylation is 1. The molecule has 0 bridgehead atoms. The van der Waals surface area contributed by atoms with Gasteiger partial charge in [0.2, 0.25) is 11.8 Å². The van der Waals surface area contributed by atoms with Gasteiger partial charge in [0.25, 0.3) is 0 Å². The van der Waals surface area contributed by atoms with Crippen molar-refractivity contribution in [2.75, 3.05) is 32.8 Å². The number of hydrogen-bond donors (Lipinski definition) is 2. The van der Waals surface area contributed by atoms with E-state index in [4.69, 9.17) is 14.6 Å². The second-order valence-electron chi connectivity index (χ2n) is 11.8. The molecule has 6 rings (SSSR count). The molecule has 0 saturated carbocycles. The Morgan fingerprint density at radius 3 is 2.67 bits per heavy atom. The van der Waals surface area contributed by atoms with Gasteiger partial charge in [0.15, 0.2) is 0 Å². The summed E-state index contributed by atoms with van der Waals surface area (Å²) in [7, 11) is 0. The molecular formula is C33H36F3N5O4. The highest BCUT2D eigenvalue weighted by Crippen LogP contribution is 2.38. The predicted octanol–water partition coefficient (Wildman–Crippen LogP) is 5.60. The molecule has 2 N–H and O–H groups in total. The molecule has 2 aliphatic rings. The third kappa shape index (κ3) is 6.76. The molecule has 238 valence electrons. The number of aromatic amines is 1. The molecule has 12 heteroatoms. The number of carbonyl (C=O) groups excluding carboxylic acids is 1. The summed E-state index contributed by atoms with van der Waals surface area (Å²) >= 11 is 0. The number of rotatable bonds is 8. The number of fused-ring (bicyclic) bond motifs is 2. The van der Waals surface area contributed by atoms with E-state index in [-0.39, 0.29) is 30.5 Å². The van der Waals surface area contributed by atoms with Crippen LogP contribution in [0, 0.1) is 6.92 Å². The van der Waals surface area contributed by atoms with Crippen LogP contribution in [0.25, 0.3) is 11.0 Å². The van der Waals surface area contributed by atoms with Gasteiger partial charge in [-0.25, -0.2) is 9.97 Å². The Labute approximate surface area is 259 Å². The van der Waals surface area contributed by atoms with Crippen molar-refractivity contribution >= 4 is 16.9 Å². The van der Waals surface area contributed by atoms with E-state index in [0.29, 0.717) is 56.9 Å². The molecule has 45 heavy (non-hydrogen) atoms. The second kappa shape index (κ2) is 12.7. The number of carbonyl (C=O) groups is 1. The number of aromatic nitrogens is 3. The fourth-order valence-electron chi connectivity index (χ4n) is 6.26. The maximum atomic E-state index is 14.1. The summed E-state index contributed by atoms with van der Waals surface area (Å²) in [5.74, 6) is 0.537. The molecule has 3 aromatic heterocycles. The van der Waals surface area contributed by atoms with Crippen LogP contribution < -0.4 is 9.47 Å². The highest BCUT2D eigenvalue weighted by Gasteiger charge is 2.37. The first-order chi connectivity index (χ1) is 21.6. The Morgan fingerprint density at radius 1 is 1.11 bits per heavy atom. The summed E-state index contributed by atoms with van der Waals surface area (Å²) in [6, 6.07) is 10.3. The number of alkyl halides is 3. The zero-order valence-corrected chi connectivity index (χ0v) is 25.2. The van der Waals surface area contributed by atoms with Gasteiger partial charge in [-0.2, -0.15) is 13.2 Å². The molecule has 2 aliphatic heterocycles. The number of ether oxygens (including phenoxy) is 2. The number of amides is 1. The molecule has 0 radical (unpaired) electrons. The number of benzene rings is 1. The number of piperidine rings is 1. The van der Waals surface area contributed by atoms with Crippen molar-refractivity contribution in [3.8, 4) is 17.4 Å². The van der Waals surface area contributed by atoms with Gasteiger partial charge in [-0.1, -0.05) is 6.07 Å². The SMILES string of the molecule is Cc1cc2c(Oc3ccc4c(c3)[C@H](C)N(C(=O)Cc3cnc(OC5CCN(CCO)CC5)c(C(F)(F)F)c3)CC4)ccnc2[nH]1. The molecule has 1 saturated heterocycles. The Morgan fingerprint density at radius 2 is 1.91 bits per heavy atom. The topological polar surface area (TPSA) is 104 Å². The molecular weight excluding hydrogens is 587 g/mol. The molecule has 1 amide bonds. The third-order valence-corrected chi connectivity index (χ3v) is 8.63. The molecule has 1 aromatic carbocycles. The van der Waals surface area contributed by atoms with Gasteiger partial charge in [-0.05, 0) is 80.1 Å². The van der Waals surface area contributed by atoms with Crippen molar-refractivity contribution in [3.63, 3.8) is 0 Å². The second-order valence-corrected chi connectivity index (χ2v) is 11.8. The first-order valence-electron chi connectivity index (χ1n) is 15.2. The van der Waals surface area contributed by atoms with Gasteiger partial charge in [0, 0.05) is 44.3 Å². The minimum atomic E-state index is -4.69. The Balaban J connectivity index is 1.15. The van der Waals surface area contributed by atoms with Crippen molar-refractivity contribution in [1.29, 1.82) is 0 Å². The van der Waals surface area contributed by atoms with Crippen molar-refractivity contribution < 1.29 is 32.5 Å². The van der Waals surface area contributed by atoms with Crippen LogP contribution in [-0.4, -0.2) is 74.7 Å². The lowest BCUT2D eigenvalue weighted by Gasteiger charge is -2.35. The normalized spacial score (nSPS) is 17.8. The summed E-state index contributed by atoms with van der Waals surface area (Å²) in [5.41, 5.74) is 2.93. The maximum absolute atomic E-state index is 14.1. The number of nitrogens with one attached hydrogen (secondary N) is 1. The van der Waals surface area contributed by atoms with Crippen LogP contribution in [0.1, 0.15) is 53.8 Å². The number of β-amino-alcohol motifs (C(OH)–C–C–N with tert-alkyl or cyclic N) is 1. The monoisotopic (exact) mass is 623 g/mol. The van der Waals surface area contributed by atoms with Crippen LogP contribution >= 0.6 is 0 Å². The van der Waals surface area contributed by atoms with Gasteiger partial charge in [0.1, 0.15) is 28.8 Å². The lowest BCUT2D eigenvalue weighted by Crippen LogP contribution is -2.40. The molecule has 9 nitrogen and oxygen atoms in total. The number of pyridine rings is 2. The standard InChI is InChI=1S/C33H36F3N5O4/c1-20-15-27-29(5-9-37-31(27)39-20)44-25-4-3-23-6-12-41(21(2)26(23)18-25)30(43)17-22-16-28(33(34,35)36)32(38-19-22)45-24-7-10-40(11-8-24)13-14-42/h3-5,9,15-16,18-19,21,24,42H,6-8,10-14,17H2,1-2H3,(H,37,39)/t21-/m0/s1. The Kier molecular flexibility index (Phi) is 8.69. The lowest BCUT2D eigenvalue weighted by atomic mass is 9.92. The van der Waals surface area contributed by atoms with Crippen LogP contribution in [0.5, 0.6) is 17.4 Å². The van der Waals surface area contributed by atoms with Gasteiger partial charge in [0.05, 0.1) is 24.5 Å². The van der Waals surface area contributed by atoms with Crippen molar-refractivity contribution in [2.24, 2.45) is 0 Å². The largest absolute Gasteiger partial charge is 0.474 e. The first-order valence-corrected chi connectivity index (χ1v) is 15.2. The van der Waals surface area contributed by atoms with E-state index < -0.39 is 23.7 Å². The minimum Gasteiger partial charge on any atom is -0.474 e. The highest BCUT2D eigenvalue weighted by molar-refractivity contribution is 5.83. The summed E-state index contributed by atoms with van der Waals surface area (Å²) < 4.78 is 54.2. The Hall–Kier alpha value is -4.16. The summed E-state index contributed by atoms with van der Waals surface area (Å²) in [4.78, 5) is 28.8. The van der Waals surface area contributed by atoms with E-state index in [0.717, 1.165) is 33.9 Å². The number of aliphatic hydroxyl groups is 1. The van der Waals surface area contributed by atoms with Crippen molar-refractivity contribution in [1.82, 2.24) is 24.8 Å². The van der Waals surface area contributed by atoms with Gasteiger partial charge in [-0.15, -0.1) is 0 Å². The van der Waals surface area contributed by atoms with E-state index in [1.807, 2.05) is 43.0 Å². The van der Waals surface area contributed by atoms with Crippen LogP contribution in [0.2, 0.25) is 0 Å². The molecule has 0 unspecified atom stereocenters. The summed E-state index contributed by atoms with van der Waals surface area (Å²) in [5, 5.41) is 9.99. The third-order valence-electron chi connectivity index (χ3n) is 8.63. The molecule has 5 heterocycles. The molecule has 4 aromatic rings. The van der Waals surface area contributed by atoms with E-state index in [2.05, 4.69) is 15.0 Å². The van der Waals surface area contributed by atoms with E-state index in [1.54, 1.807) is 17.2 Å². The van der Waals surface area contributed by atoms with E-state index in [1.165, 1.54) is 6.20 Å². The van der Waals surface area contributed by atoms with E-state index >= 15 is 0 Å². The summed E-state index contributed by atoms with van der Waals surface area (Å²) in [6.07, 6.45) is -0.622. The fraction of sp³-hybridized carbons (Fsp3) is 0.424. The van der Waals surface area contributed by atoms with Crippen molar-refractivity contribution in [3.05, 3.63) is 76.7 Å². The highest BCUT2D eigenvalue weighted by atomic mass is 19.4. The first kappa shape index (κ1) is 30.8. The van der Waals surface area contributed by atoms with E-state index in [9.17, 15) is 18.0 Å². The van der Waals surface area contributed by atoms with Gasteiger partial charge < -0.3 is 29.4 Å². The van der Waals surface area contributed by atoms with Crippen molar-refractivity contribution in [2.45, 2.75) is 57.9 Å². The number of hydrogen-bond acceptors (Lipinski definition) is 7. The molecule has 0 aliphatic carbocycles. The number of halogens is 3. The quantitative estimate of drug-likeness (QED) is 0.263. The van der Waals surface area contributed by atoms with Crippen LogP contribution in [0.3, 0.4) is 0 Å². The summed E-state index contributed by atoms with van der Waals surface area (Å²) in [6.45, 7) is 6.14. The predicted molar refractivity (Wildman–Crippen MR) is 161 cm³/mol. The zero-order chi connectivity index (χ0) is 31.7. The van der Waals surface area contributed by atoms with Gasteiger partial charge in [-0.3, -0.25) is 4.79 Å². The van der Waals surface area contributed by atoms with Gasteiger partial charge >= 0.3 is 6.18 Å². The van der Waals surface area contributed by atoms with Crippen LogP contribution in [0.15, 0.2) is 48.8 Å². The van der Waals surface area contributed by atoms with Crippen LogP contribution in [0.4, 0.5) is 13.2 Å².